The Hall–Kier alpha value is -10.3. The number of aliphatic imine (C=N–C) groups is 1. The molecule has 512 valence electrons. The number of nitrogens with two attached hydrogens (primary N) is 2. The number of guanidine groups is 1. The van der Waals surface area contributed by atoms with Gasteiger partial charge in [0.1, 0.15) is 60.7 Å². The van der Waals surface area contributed by atoms with Gasteiger partial charge in [-0.25, -0.2) is 4.79 Å². The van der Waals surface area contributed by atoms with Gasteiger partial charge in [0.05, 0.1) is 19.8 Å². The van der Waals surface area contributed by atoms with Crippen LogP contribution in [-0.4, -0.2) is 161 Å². The molecule has 6 aromatic rings. The van der Waals surface area contributed by atoms with Gasteiger partial charge < -0.3 is 83.6 Å². The number of likely N-dealkylation sites (tertiary alicyclic amines) is 1. The molecule has 26 nitrogen and oxygen atoms in total. The number of para-hydroxylation sites is 1. The molecule has 2 heterocycles. The third kappa shape index (κ3) is 22.7. The van der Waals surface area contributed by atoms with Gasteiger partial charge in [-0.2, -0.15) is 0 Å². The van der Waals surface area contributed by atoms with Crippen molar-refractivity contribution in [3.05, 3.63) is 173 Å². The number of aromatic amines is 1. The van der Waals surface area contributed by atoms with E-state index in [4.69, 9.17) is 20.9 Å². The Morgan fingerprint density at radius 3 is 1.80 bits per heavy atom. The van der Waals surface area contributed by atoms with E-state index in [1.807, 2.05) is 81.4 Å². The minimum atomic E-state index is -1.78. The Morgan fingerprint density at radius 2 is 1.18 bits per heavy atom. The summed E-state index contributed by atoms with van der Waals surface area (Å²) in [4.78, 5) is 138. The van der Waals surface area contributed by atoms with Gasteiger partial charge in [-0.3, -0.25) is 43.3 Å². The summed E-state index contributed by atoms with van der Waals surface area (Å²) >= 11 is 0. The predicted octanol–water partition coefficient (Wildman–Crippen LogP) is 2.85. The van der Waals surface area contributed by atoms with E-state index in [1.54, 1.807) is 61.7 Å². The standard InChI is InChI=1S/C70H89N13O13/c1-5-73-67(92)60-26-16-32-83(60)68(93)53(25-15-31-74-69(71)72)76-61(86)54(33-43(2)3)77-63(88)56(36-48-22-14-17-44(4)34-48)78-62(87)55(35-45-27-29-50(85)30-28-45)79-65(90)58(39-84)81-64(89)57(37-49-38-75-52-24-13-12-23-51(49)52)80-66(91)59(42-95-40-46-18-8-6-9-19-46)82-70(94)96-41-47-20-10-7-11-21-47/h6-14,17-24,27-30,34,38,43,53-60,75,84-85H,5,15-16,25-26,31-33,35-37,39-42H2,1-4H3,(H,73,92)(H,76,86)(H,77,88)(H,78,87)(H,79,90)(H,80,91)(H,81,89)(H,82,94)(H4,71,72,74)/t53-,54-,55-,56?,57-,58-,59-,60-/m0/s1. The molecule has 96 heavy (non-hydrogen) atoms. The van der Waals surface area contributed by atoms with Crippen LogP contribution in [0.2, 0.25) is 0 Å². The zero-order chi connectivity index (χ0) is 69.1. The maximum atomic E-state index is 15.0. The lowest BCUT2D eigenvalue weighted by Gasteiger charge is -2.30. The third-order valence-electron chi connectivity index (χ3n) is 16.0. The van der Waals surface area contributed by atoms with E-state index >= 15 is 4.79 Å². The summed E-state index contributed by atoms with van der Waals surface area (Å²) in [6.45, 7) is 6.59. The molecule has 0 aliphatic carbocycles. The number of aryl methyl sites for hydroxylation is 1. The number of rotatable bonds is 35. The first-order chi connectivity index (χ1) is 46.2. The molecule has 5 aromatic carbocycles. The number of aromatic nitrogens is 1. The molecule has 0 radical (unpaired) electrons. The lowest BCUT2D eigenvalue weighted by atomic mass is 9.99. The van der Waals surface area contributed by atoms with E-state index in [9.17, 15) is 48.6 Å². The number of aliphatic hydroxyl groups excluding tert-OH is 1. The number of benzene rings is 5. The van der Waals surface area contributed by atoms with Crippen molar-refractivity contribution < 1.29 is 62.8 Å². The lowest BCUT2D eigenvalue weighted by molar-refractivity contribution is -0.142. The number of nitrogens with zero attached hydrogens (tertiary/aromatic N) is 2. The van der Waals surface area contributed by atoms with Crippen molar-refractivity contribution in [1.29, 1.82) is 0 Å². The molecule has 0 saturated carbocycles. The van der Waals surface area contributed by atoms with Gasteiger partial charge in [-0.1, -0.05) is 135 Å². The maximum Gasteiger partial charge on any atom is 0.408 e. The molecule has 1 aliphatic rings. The fraction of sp³-hybridized carbons (Fsp3) is 0.400. The number of likely N-dealkylation sites (N-methyl/N-ethyl adjacent to an activating group) is 1. The van der Waals surface area contributed by atoms with Crippen molar-refractivity contribution in [2.75, 3.05) is 32.8 Å². The van der Waals surface area contributed by atoms with Crippen LogP contribution >= 0.6 is 0 Å². The fourth-order valence-electron chi connectivity index (χ4n) is 11.1. The molecule has 1 saturated heterocycles. The van der Waals surface area contributed by atoms with Crippen LogP contribution < -0.4 is 54.0 Å². The minimum Gasteiger partial charge on any atom is -0.508 e. The number of fused-ring (bicyclic) bond motifs is 1. The quantitative estimate of drug-likeness (QED) is 0.0155. The number of phenols is 1. The van der Waals surface area contributed by atoms with Gasteiger partial charge in [0.25, 0.3) is 0 Å². The van der Waals surface area contributed by atoms with E-state index in [0.717, 1.165) is 16.6 Å². The first-order valence-electron chi connectivity index (χ1n) is 32.2. The summed E-state index contributed by atoms with van der Waals surface area (Å²) in [7, 11) is 0. The second-order valence-electron chi connectivity index (χ2n) is 24.1. The number of hydrogen-bond donors (Lipinski definition) is 13. The van der Waals surface area contributed by atoms with E-state index in [2.05, 4.69) is 52.5 Å². The number of H-pyrrole nitrogens is 1. The van der Waals surface area contributed by atoms with Crippen LogP contribution in [0.5, 0.6) is 5.75 Å². The zero-order valence-corrected chi connectivity index (χ0v) is 54.5. The normalized spacial score (nSPS) is 14.9. The highest BCUT2D eigenvalue weighted by Gasteiger charge is 2.39. The number of carbonyl (C=O) groups is 9. The summed E-state index contributed by atoms with van der Waals surface area (Å²) in [6.07, 6.45) is 1.54. The van der Waals surface area contributed by atoms with Crippen molar-refractivity contribution in [3.63, 3.8) is 0 Å². The van der Waals surface area contributed by atoms with Crippen LogP contribution in [-0.2, 0) is 80.3 Å². The Balaban J connectivity index is 1.13. The van der Waals surface area contributed by atoms with Gasteiger partial charge in [-0.15, -0.1) is 0 Å². The first kappa shape index (κ1) is 73.1. The van der Waals surface area contributed by atoms with Gasteiger partial charge in [-0.05, 0) is 97.9 Å². The molecule has 8 atom stereocenters. The van der Waals surface area contributed by atoms with Crippen LogP contribution in [0.15, 0.2) is 145 Å². The number of amides is 9. The Bertz CT molecular complexity index is 3600. The van der Waals surface area contributed by atoms with Crippen molar-refractivity contribution in [2.24, 2.45) is 22.4 Å². The van der Waals surface area contributed by atoms with Crippen LogP contribution in [0.3, 0.4) is 0 Å². The molecule has 0 bridgehead atoms. The number of aromatic hydroxyl groups is 1. The minimum absolute atomic E-state index is 0.0563. The van der Waals surface area contributed by atoms with Gasteiger partial charge in [0.2, 0.25) is 47.3 Å². The summed E-state index contributed by atoms with van der Waals surface area (Å²) in [5, 5.41) is 43.6. The molecule has 1 fully saturated rings. The monoisotopic (exact) mass is 1320 g/mol. The highest BCUT2D eigenvalue weighted by Crippen LogP contribution is 2.23. The SMILES string of the molecule is CCNC(=O)[C@@H]1CCCN1C(=O)[C@H](CCCN=C(N)N)NC(=O)[C@H](CC(C)C)NC(=O)C(Cc1cccc(C)c1)NC(=O)[C@H](Cc1ccc(O)cc1)NC(=O)[C@H](CO)NC(=O)[C@H](Cc1c[nH]c2ccccc12)NC(=O)[C@H](COCc1ccccc1)NC(=O)OCc1ccccc1. The Kier molecular flexibility index (Phi) is 28.1. The summed E-state index contributed by atoms with van der Waals surface area (Å²) in [5.41, 5.74) is 15.8. The zero-order valence-electron chi connectivity index (χ0n) is 54.5. The van der Waals surface area contributed by atoms with Crippen molar-refractivity contribution in [2.45, 2.75) is 141 Å². The predicted molar refractivity (Wildman–Crippen MR) is 360 cm³/mol. The number of nitrogens with one attached hydrogen (secondary N) is 9. The van der Waals surface area contributed by atoms with Crippen molar-refractivity contribution >= 4 is 70.2 Å². The van der Waals surface area contributed by atoms with Crippen LogP contribution in [0.4, 0.5) is 4.79 Å². The average Bonchev–Trinajstić information content (AvgIpc) is 1.68. The number of aliphatic hydroxyl groups is 1. The highest BCUT2D eigenvalue weighted by atomic mass is 16.5. The summed E-state index contributed by atoms with van der Waals surface area (Å²) < 4.78 is 11.4. The molecular weight excluding hydrogens is 1230 g/mol. The molecule has 1 unspecified atom stereocenters. The molecule has 9 amide bonds. The third-order valence-corrected chi connectivity index (χ3v) is 16.0. The largest absolute Gasteiger partial charge is 0.508 e. The smallest absolute Gasteiger partial charge is 0.408 e. The second-order valence-corrected chi connectivity index (χ2v) is 24.1. The second kappa shape index (κ2) is 36.9. The van der Waals surface area contributed by atoms with E-state index in [1.165, 1.54) is 29.2 Å². The van der Waals surface area contributed by atoms with Gasteiger partial charge in [0, 0.05) is 56.0 Å². The molecule has 7 rings (SSSR count). The van der Waals surface area contributed by atoms with Crippen molar-refractivity contribution in [1.82, 2.24) is 52.4 Å². The fourth-order valence-corrected chi connectivity index (χ4v) is 11.1. The summed E-state index contributed by atoms with van der Waals surface area (Å²) in [5.74, 6) is -6.58. The number of alkyl carbamates (subject to hydrolysis) is 1. The van der Waals surface area contributed by atoms with Crippen LogP contribution in [0.1, 0.15) is 86.3 Å². The Labute approximate surface area is 557 Å². The van der Waals surface area contributed by atoms with Gasteiger partial charge >= 0.3 is 6.09 Å². The number of ether oxygens (including phenoxy) is 2. The van der Waals surface area contributed by atoms with Crippen LogP contribution in [0.25, 0.3) is 10.9 Å². The molecule has 1 aliphatic heterocycles. The van der Waals surface area contributed by atoms with E-state index in [-0.39, 0.29) is 95.0 Å². The average molecular weight is 1320 g/mol. The van der Waals surface area contributed by atoms with Crippen molar-refractivity contribution in [3.8, 4) is 5.75 Å². The Morgan fingerprint density at radius 1 is 0.625 bits per heavy atom. The number of hydrogen-bond acceptors (Lipinski definition) is 14. The highest BCUT2D eigenvalue weighted by molar-refractivity contribution is 5.99. The molecule has 1 aromatic heterocycles. The topological polar surface area (TPSA) is 392 Å². The van der Waals surface area contributed by atoms with Crippen LogP contribution in [0, 0.1) is 12.8 Å². The van der Waals surface area contributed by atoms with E-state index in [0.29, 0.717) is 47.0 Å². The molecule has 0 spiro atoms. The molecule has 26 heteroatoms. The molecular formula is C70H89N13O13. The maximum absolute atomic E-state index is 15.0. The number of carbonyl (C=O) groups excluding carboxylic acids is 9. The summed E-state index contributed by atoms with van der Waals surface area (Å²) in [6, 6.07) is 27.3. The van der Waals surface area contributed by atoms with Gasteiger partial charge in [0.15, 0.2) is 5.96 Å². The number of phenolic OH excluding ortho intramolecular Hbond substituents is 1. The lowest BCUT2D eigenvalue weighted by Crippen LogP contribution is -2.61. The molecule has 15 N–H and O–H groups in total. The van der Waals surface area contributed by atoms with E-state index < -0.39 is 102 Å². The first-order valence-corrected chi connectivity index (χ1v) is 32.2.